The number of hydrogen-bond donors (Lipinski definition) is 3. The first-order valence-electron chi connectivity index (χ1n) is 10.00. The van der Waals surface area contributed by atoms with Crippen LogP contribution in [0.5, 0.6) is 5.75 Å². The molecule has 0 radical (unpaired) electrons. The molecule has 0 unspecified atom stereocenters. The van der Waals surface area contributed by atoms with Crippen LogP contribution in [0.1, 0.15) is 47.1 Å². The van der Waals surface area contributed by atoms with Gasteiger partial charge in [-0.1, -0.05) is 24.4 Å². The van der Waals surface area contributed by atoms with E-state index >= 15 is 0 Å². The van der Waals surface area contributed by atoms with Gasteiger partial charge in [-0.25, -0.2) is 14.4 Å². The van der Waals surface area contributed by atoms with Crippen LogP contribution < -0.4 is 10.6 Å². The van der Waals surface area contributed by atoms with Crippen molar-refractivity contribution in [3.63, 3.8) is 0 Å². The highest BCUT2D eigenvalue weighted by Gasteiger charge is 2.33. The molecule has 0 bridgehead atoms. The molecule has 0 heterocycles. The second-order valence-corrected chi connectivity index (χ2v) is 9.51. The Balaban J connectivity index is 3.09. The predicted octanol–water partition coefficient (Wildman–Crippen LogP) is 2.63. The molecule has 178 valence electrons. The number of methoxy groups -OCH3 is 1. The summed E-state index contributed by atoms with van der Waals surface area (Å²) in [4.78, 5) is 37.1. The number of esters is 2. The maximum Gasteiger partial charge on any atom is 0.408 e. The van der Waals surface area contributed by atoms with Crippen LogP contribution in [0.15, 0.2) is 24.3 Å². The third-order valence-electron chi connectivity index (χ3n) is 3.74. The lowest BCUT2D eigenvalue weighted by Crippen LogP contribution is -2.56. The Kier molecular flexibility index (Phi) is 9.44. The maximum absolute atomic E-state index is 12.8. The molecule has 0 spiro atoms. The molecule has 0 aliphatic heterocycles. The molecule has 0 fully saturated rings. The largest absolute Gasteiger partial charge is 0.508 e. The van der Waals surface area contributed by atoms with Gasteiger partial charge in [0, 0.05) is 6.42 Å². The Labute approximate surface area is 193 Å². The lowest BCUT2D eigenvalue weighted by Gasteiger charge is -2.27. The maximum atomic E-state index is 12.8. The highest BCUT2D eigenvalue weighted by atomic mass is 32.1. The Bertz CT molecular complexity index is 826. The van der Waals surface area contributed by atoms with E-state index in [-0.39, 0.29) is 17.2 Å². The SMILES string of the molecule is COC(=O)[C@H](NC(=O)OC(C)(C)C)C(=S)N[C@@H](Cc1ccc(O)cc1)C(=O)OC(C)(C)C. The molecule has 1 amide bonds. The molecule has 3 N–H and O–H groups in total. The number of carbonyl (C=O) groups is 3. The van der Waals surface area contributed by atoms with E-state index in [4.69, 9.17) is 26.4 Å². The number of rotatable bonds is 7. The second kappa shape index (κ2) is 11.1. The van der Waals surface area contributed by atoms with Crippen LogP contribution >= 0.6 is 12.2 Å². The van der Waals surface area contributed by atoms with Crippen molar-refractivity contribution in [3.05, 3.63) is 29.8 Å². The Hall–Kier alpha value is -2.88. The molecule has 10 heteroatoms. The number of amides is 1. The summed E-state index contributed by atoms with van der Waals surface area (Å²) >= 11 is 5.32. The average molecular weight is 469 g/mol. The fourth-order valence-corrected chi connectivity index (χ4v) is 2.76. The van der Waals surface area contributed by atoms with Crippen molar-refractivity contribution in [3.8, 4) is 5.75 Å². The Morgan fingerprint density at radius 3 is 1.94 bits per heavy atom. The molecule has 0 aromatic heterocycles. The van der Waals surface area contributed by atoms with Crippen molar-refractivity contribution < 1.29 is 33.7 Å². The van der Waals surface area contributed by atoms with E-state index in [1.165, 1.54) is 12.1 Å². The van der Waals surface area contributed by atoms with Gasteiger partial charge in [0.25, 0.3) is 0 Å². The van der Waals surface area contributed by atoms with Gasteiger partial charge in [-0.3, -0.25) is 0 Å². The summed E-state index contributed by atoms with van der Waals surface area (Å²) in [6, 6.07) is 3.92. The number of nitrogens with one attached hydrogen (secondary N) is 2. The first-order chi connectivity index (χ1) is 14.6. The van der Waals surface area contributed by atoms with Crippen LogP contribution in [0.2, 0.25) is 0 Å². The first kappa shape index (κ1) is 27.2. The lowest BCUT2D eigenvalue weighted by atomic mass is 10.0. The van der Waals surface area contributed by atoms with Gasteiger partial charge in [0.1, 0.15) is 28.0 Å². The molecule has 0 saturated carbocycles. The Morgan fingerprint density at radius 2 is 1.47 bits per heavy atom. The minimum absolute atomic E-state index is 0.0818. The molecule has 1 aromatic carbocycles. The van der Waals surface area contributed by atoms with Crippen LogP contribution in [0.3, 0.4) is 0 Å². The smallest absolute Gasteiger partial charge is 0.408 e. The molecular weight excluding hydrogens is 436 g/mol. The molecule has 32 heavy (non-hydrogen) atoms. The summed E-state index contributed by atoms with van der Waals surface area (Å²) in [5.41, 5.74) is -0.842. The van der Waals surface area contributed by atoms with Crippen LogP contribution in [-0.4, -0.2) is 58.5 Å². The fraction of sp³-hybridized carbons (Fsp3) is 0.545. The molecule has 0 saturated heterocycles. The van der Waals surface area contributed by atoms with Gasteiger partial charge in [-0.05, 0) is 59.2 Å². The molecule has 0 aliphatic carbocycles. The van der Waals surface area contributed by atoms with E-state index in [0.717, 1.165) is 7.11 Å². The minimum atomic E-state index is -1.38. The number of phenols is 1. The van der Waals surface area contributed by atoms with Crippen molar-refractivity contribution in [2.45, 2.75) is 71.2 Å². The molecule has 9 nitrogen and oxygen atoms in total. The zero-order valence-electron chi connectivity index (χ0n) is 19.5. The minimum Gasteiger partial charge on any atom is -0.508 e. The van der Waals surface area contributed by atoms with E-state index < -0.39 is 41.3 Å². The predicted molar refractivity (Wildman–Crippen MR) is 122 cm³/mol. The zero-order chi connectivity index (χ0) is 24.7. The molecule has 2 atom stereocenters. The summed E-state index contributed by atoms with van der Waals surface area (Å²) in [6.07, 6.45) is -0.722. The van der Waals surface area contributed by atoms with Crippen molar-refractivity contribution >= 4 is 35.2 Å². The van der Waals surface area contributed by atoms with Crippen molar-refractivity contribution in [1.82, 2.24) is 10.6 Å². The number of carbonyl (C=O) groups excluding carboxylic acids is 3. The fourth-order valence-electron chi connectivity index (χ4n) is 2.46. The number of phenolic OH excluding ortho intramolecular Hbond substituents is 1. The van der Waals surface area contributed by atoms with E-state index in [9.17, 15) is 19.5 Å². The number of thiocarbonyl (C=S) groups is 1. The van der Waals surface area contributed by atoms with Crippen molar-refractivity contribution in [2.24, 2.45) is 0 Å². The van der Waals surface area contributed by atoms with E-state index in [2.05, 4.69) is 10.6 Å². The number of ether oxygens (including phenoxy) is 3. The molecule has 1 aromatic rings. The summed E-state index contributed by atoms with van der Waals surface area (Å²) in [5.74, 6) is -1.35. The third kappa shape index (κ3) is 9.95. The summed E-state index contributed by atoms with van der Waals surface area (Å²) < 4.78 is 15.4. The van der Waals surface area contributed by atoms with Crippen molar-refractivity contribution in [1.29, 1.82) is 0 Å². The standard InChI is InChI=1S/C22H32N2O7S/c1-21(2,3)30-18(26)15(12-13-8-10-14(25)11-9-13)23-17(32)16(19(27)29-7)24-20(28)31-22(4,5)6/h8-11,15-16,25H,12H2,1-7H3,(H,23,32)(H,24,28)/t15-,16+/m0/s1. The monoisotopic (exact) mass is 468 g/mol. The zero-order valence-corrected chi connectivity index (χ0v) is 20.3. The molecule has 0 aliphatic rings. The van der Waals surface area contributed by atoms with E-state index in [1.807, 2.05) is 0 Å². The quantitative estimate of drug-likeness (QED) is 0.315. The van der Waals surface area contributed by atoms with Crippen molar-refractivity contribution in [2.75, 3.05) is 7.11 Å². The van der Waals surface area contributed by atoms with Gasteiger partial charge in [0.15, 0.2) is 6.04 Å². The van der Waals surface area contributed by atoms with Gasteiger partial charge in [0.05, 0.1) is 7.11 Å². The topological polar surface area (TPSA) is 123 Å². The first-order valence-corrected chi connectivity index (χ1v) is 10.4. The number of alkyl carbamates (subject to hydrolysis) is 1. The summed E-state index contributed by atoms with van der Waals surface area (Å²) in [6.45, 7) is 10.2. The van der Waals surface area contributed by atoms with Gasteiger partial charge in [-0.2, -0.15) is 0 Å². The summed E-state index contributed by atoms with van der Waals surface area (Å²) in [5, 5.41) is 14.7. The van der Waals surface area contributed by atoms with Crippen LogP contribution in [0, 0.1) is 0 Å². The number of benzene rings is 1. The van der Waals surface area contributed by atoms with Gasteiger partial charge < -0.3 is 30.0 Å². The highest BCUT2D eigenvalue weighted by molar-refractivity contribution is 7.80. The lowest BCUT2D eigenvalue weighted by molar-refractivity contribution is -0.157. The number of aromatic hydroxyl groups is 1. The van der Waals surface area contributed by atoms with Gasteiger partial charge >= 0.3 is 18.0 Å². The molecular formula is C22H32N2O7S. The Morgan fingerprint density at radius 1 is 0.938 bits per heavy atom. The highest BCUT2D eigenvalue weighted by Crippen LogP contribution is 2.15. The number of hydrogen-bond acceptors (Lipinski definition) is 8. The second-order valence-electron chi connectivity index (χ2n) is 9.07. The van der Waals surface area contributed by atoms with E-state index in [0.29, 0.717) is 5.56 Å². The van der Waals surface area contributed by atoms with Crippen LogP contribution in [0.4, 0.5) is 4.79 Å². The average Bonchev–Trinajstić information content (AvgIpc) is 2.63. The molecule has 1 rings (SSSR count). The third-order valence-corrected chi connectivity index (χ3v) is 4.10. The summed E-state index contributed by atoms with van der Waals surface area (Å²) in [7, 11) is 1.15. The van der Waals surface area contributed by atoms with Crippen LogP contribution in [0.25, 0.3) is 0 Å². The normalized spacial score (nSPS) is 13.3. The van der Waals surface area contributed by atoms with E-state index in [1.54, 1.807) is 53.7 Å². The van der Waals surface area contributed by atoms with Gasteiger partial charge in [0.2, 0.25) is 0 Å². The van der Waals surface area contributed by atoms with Crippen LogP contribution in [-0.2, 0) is 30.2 Å². The van der Waals surface area contributed by atoms with Gasteiger partial charge in [-0.15, -0.1) is 0 Å².